The predicted molar refractivity (Wildman–Crippen MR) is 52.9 cm³/mol. The number of rotatable bonds is 3. The van der Waals surface area contributed by atoms with Crippen LogP contribution in [0.25, 0.3) is 0 Å². The van der Waals surface area contributed by atoms with Crippen molar-refractivity contribution in [3.8, 4) is 0 Å². The van der Waals surface area contributed by atoms with Gasteiger partial charge >= 0.3 is 0 Å². The van der Waals surface area contributed by atoms with Crippen LogP contribution in [0.3, 0.4) is 0 Å². The van der Waals surface area contributed by atoms with E-state index in [1.54, 1.807) is 0 Å². The molecule has 1 amide bonds. The summed E-state index contributed by atoms with van der Waals surface area (Å²) in [5.41, 5.74) is 0. The Balaban J connectivity index is 2.39. The Labute approximate surface area is 88.0 Å². The standard InChI is InChI=1S/C9H17F2N3O/c1-6-3-13-7(4-12-6)9(15)14(2)5-8(10)11/h6-8,12-13H,3-5H2,1-2H3. The van der Waals surface area contributed by atoms with E-state index in [0.29, 0.717) is 19.1 Å². The van der Waals surface area contributed by atoms with Gasteiger partial charge in [0.1, 0.15) is 0 Å². The van der Waals surface area contributed by atoms with Crippen LogP contribution >= 0.6 is 0 Å². The molecule has 1 heterocycles. The number of piperazine rings is 1. The Bertz CT molecular complexity index is 217. The van der Waals surface area contributed by atoms with Crippen molar-refractivity contribution < 1.29 is 13.6 Å². The van der Waals surface area contributed by atoms with Gasteiger partial charge in [-0.3, -0.25) is 4.79 Å². The summed E-state index contributed by atoms with van der Waals surface area (Å²) in [5.74, 6) is -0.283. The van der Waals surface area contributed by atoms with Crippen LogP contribution in [0.4, 0.5) is 8.78 Å². The first-order valence-electron chi connectivity index (χ1n) is 5.00. The molecule has 0 aromatic heterocycles. The van der Waals surface area contributed by atoms with Crippen molar-refractivity contribution in [2.75, 3.05) is 26.7 Å². The number of nitrogens with zero attached hydrogens (tertiary/aromatic N) is 1. The molecule has 0 saturated carbocycles. The van der Waals surface area contributed by atoms with Crippen molar-refractivity contribution in [3.05, 3.63) is 0 Å². The average molecular weight is 221 g/mol. The fourth-order valence-electron chi connectivity index (χ4n) is 1.52. The van der Waals surface area contributed by atoms with Crippen molar-refractivity contribution in [2.45, 2.75) is 25.4 Å². The number of likely N-dealkylation sites (N-methyl/N-ethyl adjacent to an activating group) is 1. The first kappa shape index (κ1) is 12.3. The van der Waals surface area contributed by atoms with E-state index >= 15 is 0 Å². The van der Waals surface area contributed by atoms with Crippen molar-refractivity contribution in [1.82, 2.24) is 15.5 Å². The maximum Gasteiger partial charge on any atom is 0.255 e. The van der Waals surface area contributed by atoms with E-state index < -0.39 is 13.0 Å². The number of carbonyl (C=O) groups is 1. The minimum atomic E-state index is -2.48. The summed E-state index contributed by atoms with van der Waals surface area (Å²) in [7, 11) is 1.40. The number of halogens is 2. The maximum absolute atomic E-state index is 12.0. The van der Waals surface area contributed by atoms with Gasteiger partial charge in [0.15, 0.2) is 0 Å². The Kier molecular flexibility index (Phi) is 4.41. The molecule has 6 heteroatoms. The second-order valence-corrected chi connectivity index (χ2v) is 3.88. The minimum Gasteiger partial charge on any atom is -0.339 e. The number of hydrogen-bond donors (Lipinski definition) is 2. The molecule has 2 atom stereocenters. The van der Waals surface area contributed by atoms with Gasteiger partial charge in [-0.1, -0.05) is 0 Å². The van der Waals surface area contributed by atoms with Gasteiger partial charge in [0, 0.05) is 26.2 Å². The molecule has 88 valence electrons. The third-order valence-electron chi connectivity index (χ3n) is 2.43. The zero-order valence-electron chi connectivity index (χ0n) is 8.96. The Morgan fingerprint density at radius 1 is 1.47 bits per heavy atom. The molecule has 1 saturated heterocycles. The summed E-state index contributed by atoms with van der Waals surface area (Å²) in [6.45, 7) is 2.66. The summed E-state index contributed by atoms with van der Waals surface area (Å²) < 4.78 is 24.1. The van der Waals surface area contributed by atoms with Crippen LogP contribution in [-0.4, -0.2) is 56.0 Å². The van der Waals surface area contributed by atoms with Crippen molar-refractivity contribution in [3.63, 3.8) is 0 Å². The molecule has 0 radical (unpaired) electrons. The zero-order valence-corrected chi connectivity index (χ0v) is 8.96. The second-order valence-electron chi connectivity index (χ2n) is 3.88. The van der Waals surface area contributed by atoms with Gasteiger partial charge in [0.25, 0.3) is 6.43 Å². The van der Waals surface area contributed by atoms with Crippen LogP contribution in [-0.2, 0) is 4.79 Å². The van der Waals surface area contributed by atoms with Crippen molar-refractivity contribution >= 4 is 5.91 Å². The molecule has 0 spiro atoms. The molecule has 1 aliphatic rings. The molecule has 1 aliphatic heterocycles. The molecular weight excluding hydrogens is 204 g/mol. The van der Waals surface area contributed by atoms with Gasteiger partial charge in [-0.2, -0.15) is 0 Å². The second kappa shape index (κ2) is 5.37. The molecule has 2 N–H and O–H groups in total. The summed E-state index contributed by atoms with van der Waals surface area (Å²) in [6.07, 6.45) is -2.48. The topological polar surface area (TPSA) is 44.4 Å². The van der Waals surface area contributed by atoms with E-state index in [1.807, 2.05) is 6.92 Å². The number of carbonyl (C=O) groups excluding carboxylic acids is 1. The van der Waals surface area contributed by atoms with Gasteiger partial charge in [0.05, 0.1) is 12.6 Å². The predicted octanol–water partition coefficient (Wildman–Crippen LogP) is -0.340. The van der Waals surface area contributed by atoms with Crippen molar-refractivity contribution in [2.24, 2.45) is 0 Å². The molecular formula is C9H17F2N3O. The first-order valence-corrected chi connectivity index (χ1v) is 5.00. The van der Waals surface area contributed by atoms with Gasteiger partial charge < -0.3 is 15.5 Å². The van der Waals surface area contributed by atoms with Crippen LogP contribution < -0.4 is 10.6 Å². The van der Waals surface area contributed by atoms with E-state index in [9.17, 15) is 13.6 Å². The summed E-state index contributed by atoms with van der Waals surface area (Å²) in [6, 6.07) is -0.0700. The third kappa shape index (κ3) is 3.71. The molecule has 0 aromatic carbocycles. The van der Waals surface area contributed by atoms with E-state index in [2.05, 4.69) is 10.6 Å². The fraction of sp³-hybridized carbons (Fsp3) is 0.889. The summed E-state index contributed by atoms with van der Waals surface area (Å²) in [4.78, 5) is 12.7. The van der Waals surface area contributed by atoms with Gasteiger partial charge in [-0.15, -0.1) is 0 Å². The Morgan fingerprint density at radius 3 is 2.60 bits per heavy atom. The quantitative estimate of drug-likeness (QED) is 0.685. The van der Waals surface area contributed by atoms with Crippen LogP contribution in [0.2, 0.25) is 0 Å². The SMILES string of the molecule is CC1CNC(C(=O)N(C)CC(F)F)CN1. The highest BCUT2D eigenvalue weighted by molar-refractivity contribution is 5.82. The Hall–Kier alpha value is -0.750. The highest BCUT2D eigenvalue weighted by atomic mass is 19.3. The molecule has 1 rings (SSSR count). The lowest BCUT2D eigenvalue weighted by Gasteiger charge is -2.31. The number of nitrogens with one attached hydrogen (secondary N) is 2. The lowest BCUT2D eigenvalue weighted by Crippen LogP contribution is -2.59. The largest absolute Gasteiger partial charge is 0.339 e. The first-order chi connectivity index (χ1) is 7.00. The van der Waals surface area contributed by atoms with E-state index in [4.69, 9.17) is 0 Å². The highest BCUT2D eigenvalue weighted by Gasteiger charge is 2.26. The number of hydrogen-bond acceptors (Lipinski definition) is 3. The Morgan fingerprint density at radius 2 is 2.13 bits per heavy atom. The highest BCUT2D eigenvalue weighted by Crippen LogP contribution is 2.01. The lowest BCUT2D eigenvalue weighted by molar-refractivity contribution is -0.134. The fourth-order valence-corrected chi connectivity index (χ4v) is 1.52. The number of amides is 1. The van der Waals surface area contributed by atoms with Gasteiger partial charge in [-0.25, -0.2) is 8.78 Å². The monoisotopic (exact) mass is 221 g/mol. The molecule has 15 heavy (non-hydrogen) atoms. The smallest absolute Gasteiger partial charge is 0.255 e. The average Bonchev–Trinajstić information content (AvgIpc) is 2.17. The van der Waals surface area contributed by atoms with E-state index in [1.165, 1.54) is 7.05 Å². The molecule has 0 aliphatic carbocycles. The van der Waals surface area contributed by atoms with Gasteiger partial charge in [0.2, 0.25) is 5.91 Å². The minimum absolute atomic E-state index is 0.283. The summed E-state index contributed by atoms with van der Waals surface area (Å²) >= 11 is 0. The van der Waals surface area contributed by atoms with Crippen LogP contribution in [0, 0.1) is 0 Å². The normalized spacial score (nSPS) is 26.7. The summed E-state index contributed by atoms with van der Waals surface area (Å²) in [5, 5.41) is 6.15. The third-order valence-corrected chi connectivity index (χ3v) is 2.43. The molecule has 2 unspecified atom stereocenters. The molecule has 1 fully saturated rings. The maximum atomic E-state index is 12.0. The van der Waals surface area contributed by atoms with Crippen LogP contribution in [0.1, 0.15) is 6.92 Å². The van der Waals surface area contributed by atoms with Crippen molar-refractivity contribution in [1.29, 1.82) is 0 Å². The molecule has 0 bridgehead atoms. The zero-order chi connectivity index (χ0) is 11.4. The van der Waals surface area contributed by atoms with Crippen LogP contribution in [0.15, 0.2) is 0 Å². The van der Waals surface area contributed by atoms with E-state index in [-0.39, 0.29) is 11.9 Å². The van der Waals surface area contributed by atoms with E-state index in [0.717, 1.165) is 4.90 Å². The van der Waals surface area contributed by atoms with Crippen LogP contribution in [0.5, 0.6) is 0 Å². The van der Waals surface area contributed by atoms with Gasteiger partial charge in [-0.05, 0) is 6.92 Å². The molecule has 0 aromatic rings. The lowest BCUT2D eigenvalue weighted by atomic mass is 10.1. The molecule has 4 nitrogen and oxygen atoms in total. The number of alkyl halides is 2.